The van der Waals surface area contributed by atoms with Crippen LogP contribution in [0.5, 0.6) is 5.88 Å². The van der Waals surface area contributed by atoms with Crippen molar-refractivity contribution in [3.8, 4) is 5.88 Å². The van der Waals surface area contributed by atoms with Gasteiger partial charge < -0.3 is 9.47 Å². The zero-order chi connectivity index (χ0) is 11.6. The molecule has 16 heavy (non-hydrogen) atoms. The fourth-order valence-corrected chi connectivity index (χ4v) is 1.19. The SMILES string of the molecule is CCCCOCCOc1ccc(CCl)nn1. The maximum absolute atomic E-state index is 5.59. The minimum atomic E-state index is 0.368. The second kappa shape index (κ2) is 8.30. The molecule has 0 N–H and O–H groups in total. The second-order valence-electron chi connectivity index (χ2n) is 3.31. The lowest BCUT2D eigenvalue weighted by Crippen LogP contribution is -2.08. The van der Waals surface area contributed by atoms with Crippen molar-refractivity contribution in [2.24, 2.45) is 0 Å². The maximum Gasteiger partial charge on any atom is 0.233 e. The van der Waals surface area contributed by atoms with Crippen LogP contribution in [0.25, 0.3) is 0 Å². The molecule has 0 saturated heterocycles. The summed E-state index contributed by atoms with van der Waals surface area (Å²) < 4.78 is 10.7. The highest BCUT2D eigenvalue weighted by Crippen LogP contribution is 2.06. The summed E-state index contributed by atoms with van der Waals surface area (Å²) in [5, 5.41) is 7.75. The molecule has 0 unspecified atom stereocenters. The first kappa shape index (κ1) is 13.2. The summed E-state index contributed by atoms with van der Waals surface area (Å²) in [4.78, 5) is 0. The summed E-state index contributed by atoms with van der Waals surface area (Å²) >= 11 is 5.59. The summed E-state index contributed by atoms with van der Waals surface area (Å²) in [5.74, 6) is 0.876. The molecule has 0 aliphatic rings. The number of ether oxygens (including phenoxy) is 2. The molecule has 0 aliphatic heterocycles. The van der Waals surface area contributed by atoms with Crippen LogP contribution in [0.2, 0.25) is 0 Å². The lowest BCUT2D eigenvalue weighted by atomic mass is 10.4. The first-order valence-corrected chi connectivity index (χ1v) is 5.99. The first-order valence-electron chi connectivity index (χ1n) is 5.46. The van der Waals surface area contributed by atoms with Gasteiger partial charge in [0.05, 0.1) is 18.2 Å². The standard InChI is InChI=1S/C11H17ClN2O2/c1-2-3-6-15-7-8-16-11-5-4-10(9-12)13-14-11/h4-5H,2-3,6-9H2,1H3. The Kier molecular flexibility index (Phi) is 6.85. The predicted octanol–water partition coefficient (Wildman–Crippen LogP) is 2.41. The van der Waals surface area contributed by atoms with Gasteiger partial charge in [-0.05, 0) is 12.5 Å². The summed E-state index contributed by atoms with van der Waals surface area (Å²) in [6, 6.07) is 3.56. The molecule has 1 rings (SSSR count). The van der Waals surface area contributed by atoms with E-state index in [-0.39, 0.29) is 0 Å². The molecule has 1 aromatic rings. The van der Waals surface area contributed by atoms with E-state index in [1.165, 1.54) is 0 Å². The van der Waals surface area contributed by atoms with Crippen LogP contribution in [0.3, 0.4) is 0 Å². The van der Waals surface area contributed by atoms with Gasteiger partial charge in [-0.2, -0.15) is 5.10 Å². The minimum absolute atomic E-state index is 0.368. The largest absolute Gasteiger partial charge is 0.474 e. The van der Waals surface area contributed by atoms with Gasteiger partial charge in [0.15, 0.2) is 0 Å². The van der Waals surface area contributed by atoms with E-state index in [1.807, 2.05) is 0 Å². The Morgan fingerprint density at radius 2 is 2.06 bits per heavy atom. The van der Waals surface area contributed by atoms with Gasteiger partial charge in [0.2, 0.25) is 5.88 Å². The van der Waals surface area contributed by atoms with Crippen LogP contribution in [0.15, 0.2) is 12.1 Å². The molecule has 90 valence electrons. The first-order chi connectivity index (χ1) is 7.86. The van der Waals surface area contributed by atoms with Crippen molar-refractivity contribution in [3.63, 3.8) is 0 Å². The van der Waals surface area contributed by atoms with Crippen LogP contribution in [0, 0.1) is 0 Å². The highest BCUT2D eigenvalue weighted by Gasteiger charge is 1.97. The van der Waals surface area contributed by atoms with Crippen LogP contribution in [0.1, 0.15) is 25.5 Å². The number of alkyl halides is 1. The van der Waals surface area contributed by atoms with E-state index in [4.69, 9.17) is 21.1 Å². The number of halogens is 1. The third-order valence-electron chi connectivity index (χ3n) is 1.95. The summed E-state index contributed by atoms with van der Waals surface area (Å²) in [6.07, 6.45) is 2.23. The van der Waals surface area contributed by atoms with E-state index in [0.717, 1.165) is 25.1 Å². The minimum Gasteiger partial charge on any atom is -0.474 e. The van der Waals surface area contributed by atoms with Crippen molar-refractivity contribution < 1.29 is 9.47 Å². The van der Waals surface area contributed by atoms with Gasteiger partial charge in [-0.25, -0.2) is 0 Å². The molecule has 1 aromatic heterocycles. The van der Waals surface area contributed by atoms with E-state index in [9.17, 15) is 0 Å². The lowest BCUT2D eigenvalue weighted by molar-refractivity contribution is 0.0961. The van der Waals surface area contributed by atoms with Gasteiger partial charge in [0.25, 0.3) is 0 Å². The third kappa shape index (κ3) is 5.28. The molecule has 5 heteroatoms. The van der Waals surface area contributed by atoms with E-state index in [0.29, 0.717) is 25.0 Å². The summed E-state index contributed by atoms with van der Waals surface area (Å²) in [6.45, 7) is 4.00. The van der Waals surface area contributed by atoms with Crippen LogP contribution < -0.4 is 4.74 Å². The number of nitrogens with zero attached hydrogens (tertiary/aromatic N) is 2. The van der Waals surface area contributed by atoms with Crippen LogP contribution in [-0.4, -0.2) is 30.0 Å². The Morgan fingerprint density at radius 1 is 1.19 bits per heavy atom. The van der Waals surface area contributed by atoms with Crippen molar-refractivity contribution in [1.29, 1.82) is 0 Å². The van der Waals surface area contributed by atoms with Gasteiger partial charge in [-0.3, -0.25) is 0 Å². The quantitative estimate of drug-likeness (QED) is 0.520. The molecule has 0 radical (unpaired) electrons. The molecule has 0 aromatic carbocycles. The monoisotopic (exact) mass is 244 g/mol. The van der Waals surface area contributed by atoms with Crippen molar-refractivity contribution in [3.05, 3.63) is 17.8 Å². The Morgan fingerprint density at radius 3 is 2.69 bits per heavy atom. The van der Waals surface area contributed by atoms with Gasteiger partial charge in [-0.1, -0.05) is 13.3 Å². The number of unbranched alkanes of at least 4 members (excludes halogenated alkanes) is 1. The molecule has 0 bridgehead atoms. The van der Waals surface area contributed by atoms with E-state index >= 15 is 0 Å². The smallest absolute Gasteiger partial charge is 0.233 e. The highest BCUT2D eigenvalue weighted by molar-refractivity contribution is 6.16. The topological polar surface area (TPSA) is 44.2 Å². The van der Waals surface area contributed by atoms with Crippen molar-refractivity contribution >= 4 is 11.6 Å². The number of hydrogen-bond acceptors (Lipinski definition) is 4. The van der Waals surface area contributed by atoms with E-state index in [2.05, 4.69) is 17.1 Å². The molecule has 0 saturated carbocycles. The number of hydrogen-bond donors (Lipinski definition) is 0. The van der Waals surface area contributed by atoms with Crippen LogP contribution >= 0.6 is 11.6 Å². The Labute approximate surface area is 101 Å². The van der Waals surface area contributed by atoms with Gasteiger partial charge in [0, 0.05) is 12.7 Å². The normalized spacial score (nSPS) is 10.4. The Hall–Kier alpha value is -0.870. The molecular weight excluding hydrogens is 228 g/mol. The molecule has 4 nitrogen and oxygen atoms in total. The van der Waals surface area contributed by atoms with Crippen molar-refractivity contribution in [2.45, 2.75) is 25.6 Å². The number of rotatable bonds is 8. The Balaban J connectivity index is 2.12. The fraction of sp³-hybridized carbons (Fsp3) is 0.636. The van der Waals surface area contributed by atoms with Crippen molar-refractivity contribution in [1.82, 2.24) is 10.2 Å². The molecule has 0 amide bonds. The van der Waals surface area contributed by atoms with Crippen LogP contribution in [0.4, 0.5) is 0 Å². The van der Waals surface area contributed by atoms with E-state index < -0.39 is 0 Å². The lowest BCUT2D eigenvalue weighted by Gasteiger charge is -2.05. The van der Waals surface area contributed by atoms with Gasteiger partial charge >= 0.3 is 0 Å². The zero-order valence-electron chi connectivity index (χ0n) is 9.49. The molecule has 0 fully saturated rings. The zero-order valence-corrected chi connectivity index (χ0v) is 10.2. The second-order valence-corrected chi connectivity index (χ2v) is 3.58. The summed E-state index contributed by atoms with van der Waals surface area (Å²) in [5.41, 5.74) is 0.744. The molecule has 1 heterocycles. The molecule has 0 spiro atoms. The maximum atomic E-state index is 5.59. The Bertz CT molecular complexity index is 280. The number of aromatic nitrogens is 2. The summed E-state index contributed by atoms with van der Waals surface area (Å²) in [7, 11) is 0. The van der Waals surface area contributed by atoms with Gasteiger partial charge in [-0.15, -0.1) is 16.7 Å². The fourth-order valence-electron chi connectivity index (χ4n) is 1.05. The average molecular weight is 245 g/mol. The third-order valence-corrected chi connectivity index (χ3v) is 2.23. The van der Waals surface area contributed by atoms with E-state index in [1.54, 1.807) is 12.1 Å². The molecule has 0 aliphatic carbocycles. The molecule has 0 atom stereocenters. The molecular formula is C11H17ClN2O2. The highest BCUT2D eigenvalue weighted by atomic mass is 35.5. The predicted molar refractivity (Wildman–Crippen MR) is 62.8 cm³/mol. The average Bonchev–Trinajstić information content (AvgIpc) is 2.34. The van der Waals surface area contributed by atoms with Crippen LogP contribution in [-0.2, 0) is 10.6 Å². The van der Waals surface area contributed by atoms with Gasteiger partial charge in [0.1, 0.15) is 6.61 Å². The van der Waals surface area contributed by atoms with Crippen molar-refractivity contribution in [2.75, 3.05) is 19.8 Å².